The molecule has 3 N–H and O–H groups in total. The van der Waals surface area contributed by atoms with Gasteiger partial charge in [-0.15, -0.1) is 0 Å². The molecule has 116 valence electrons. The first kappa shape index (κ1) is 15.5. The maximum absolute atomic E-state index is 11.9. The number of alkyl carbamates (subject to hydrolysis) is 1. The molecule has 1 saturated heterocycles. The van der Waals surface area contributed by atoms with E-state index in [1.165, 1.54) is 0 Å². The molecule has 1 aliphatic rings. The van der Waals surface area contributed by atoms with Crippen LogP contribution in [-0.4, -0.2) is 30.8 Å². The lowest BCUT2D eigenvalue weighted by Crippen LogP contribution is -2.49. The van der Waals surface area contributed by atoms with Crippen molar-refractivity contribution in [3.63, 3.8) is 0 Å². The third kappa shape index (κ3) is 4.55. The molecule has 0 spiro atoms. The van der Waals surface area contributed by atoms with Crippen molar-refractivity contribution in [2.24, 2.45) is 0 Å². The summed E-state index contributed by atoms with van der Waals surface area (Å²) in [5, 5.41) is 2.95. The highest BCUT2D eigenvalue weighted by molar-refractivity contribution is 5.69. The van der Waals surface area contributed by atoms with Crippen molar-refractivity contribution >= 4 is 17.5 Å². The molecule has 1 aromatic rings. The zero-order valence-electron chi connectivity index (χ0n) is 13.1. The number of carbonyl (C=O) groups is 1. The van der Waals surface area contributed by atoms with E-state index in [0.29, 0.717) is 0 Å². The third-order valence-electron chi connectivity index (χ3n) is 3.42. The lowest BCUT2D eigenvalue weighted by molar-refractivity contribution is 0.0500. The zero-order valence-corrected chi connectivity index (χ0v) is 13.1. The van der Waals surface area contributed by atoms with E-state index in [9.17, 15) is 4.79 Å². The largest absolute Gasteiger partial charge is 0.444 e. The second-order valence-electron chi connectivity index (χ2n) is 6.49. The van der Waals surface area contributed by atoms with Crippen LogP contribution in [-0.2, 0) is 4.74 Å². The van der Waals surface area contributed by atoms with Crippen molar-refractivity contribution in [1.29, 1.82) is 0 Å². The Morgan fingerprint density at radius 3 is 2.76 bits per heavy atom. The number of piperidine rings is 1. The maximum atomic E-state index is 11.9. The predicted molar refractivity (Wildman–Crippen MR) is 85.5 cm³/mol. The first-order chi connectivity index (χ1) is 9.85. The molecule has 0 unspecified atom stereocenters. The Labute approximate surface area is 126 Å². The van der Waals surface area contributed by atoms with Gasteiger partial charge in [0.2, 0.25) is 0 Å². The van der Waals surface area contributed by atoms with Crippen molar-refractivity contribution in [3.05, 3.63) is 24.3 Å². The quantitative estimate of drug-likeness (QED) is 0.822. The van der Waals surface area contributed by atoms with Crippen LogP contribution in [0.2, 0.25) is 0 Å². The molecule has 1 aliphatic heterocycles. The smallest absolute Gasteiger partial charge is 0.407 e. The Morgan fingerprint density at radius 2 is 2.10 bits per heavy atom. The van der Waals surface area contributed by atoms with Crippen LogP contribution in [0, 0.1) is 0 Å². The first-order valence-corrected chi connectivity index (χ1v) is 7.44. The number of amides is 1. The Kier molecular flexibility index (Phi) is 4.60. The molecular formula is C16H25N3O2. The van der Waals surface area contributed by atoms with Gasteiger partial charge in [-0.25, -0.2) is 4.79 Å². The van der Waals surface area contributed by atoms with Gasteiger partial charge in [0.15, 0.2) is 0 Å². The molecule has 0 bridgehead atoms. The number of ether oxygens (including phenoxy) is 1. The summed E-state index contributed by atoms with van der Waals surface area (Å²) in [4.78, 5) is 14.1. The average Bonchev–Trinajstić information content (AvgIpc) is 2.37. The molecule has 0 aromatic heterocycles. The average molecular weight is 291 g/mol. The summed E-state index contributed by atoms with van der Waals surface area (Å²) >= 11 is 0. The monoisotopic (exact) mass is 291 g/mol. The van der Waals surface area contributed by atoms with Crippen molar-refractivity contribution in [2.45, 2.75) is 45.3 Å². The number of benzene rings is 1. The van der Waals surface area contributed by atoms with E-state index < -0.39 is 5.60 Å². The van der Waals surface area contributed by atoms with E-state index in [0.717, 1.165) is 37.3 Å². The Hall–Kier alpha value is -1.91. The predicted octanol–water partition coefficient (Wildman–Crippen LogP) is 2.76. The first-order valence-electron chi connectivity index (χ1n) is 7.44. The normalized spacial score (nSPS) is 19.2. The van der Waals surface area contributed by atoms with Gasteiger partial charge in [-0.1, -0.05) is 12.1 Å². The van der Waals surface area contributed by atoms with Gasteiger partial charge in [0.25, 0.3) is 0 Å². The molecule has 0 radical (unpaired) electrons. The fraction of sp³-hybridized carbons (Fsp3) is 0.562. The third-order valence-corrected chi connectivity index (χ3v) is 3.42. The lowest BCUT2D eigenvalue weighted by atomic mass is 10.0. The minimum Gasteiger partial charge on any atom is -0.444 e. The number of anilines is 2. The molecule has 0 saturated carbocycles. The molecule has 21 heavy (non-hydrogen) atoms. The highest BCUT2D eigenvalue weighted by Gasteiger charge is 2.24. The highest BCUT2D eigenvalue weighted by atomic mass is 16.6. The molecule has 1 fully saturated rings. The molecule has 1 heterocycles. The van der Waals surface area contributed by atoms with Crippen LogP contribution in [0.25, 0.3) is 0 Å². The number of nitrogens with two attached hydrogens (primary N) is 1. The number of hydrogen-bond acceptors (Lipinski definition) is 4. The van der Waals surface area contributed by atoms with Gasteiger partial charge in [-0.3, -0.25) is 0 Å². The molecule has 0 aliphatic carbocycles. The maximum Gasteiger partial charge on any atom is 0.407 e. The van der Waals surface area contributed by atoms with Crippen molar-refractivity contribution < 1.29 is 9.53 Å². The Bertz CT molecular complexity index is 497. The summed E-state index contributed by atoms with van der Waals surface area (Å²) in [5.41, 5.74) is 7.37. The number of nitrogen functional groups attached to an aromatic ring is 1. The topological polar surface area (TPSA) is 67.6 Å². The van der Waals surface area contributed by atoms with Crippen molar-refractivity contribution in [2.75, 3.05) is 23.7 Å². The van der Waals surface area contributed by atoms with Crippen molar-refractivity contribution in [3.8, 4) is 0 Å². The van der Waals surface area contributed by atoms with Gasteiger partial charge in [0.05, 0.1) is 11.4 Å². The lowest BCUT2D eigenvalue weighted by Gasteiger charge is -2.35. The fourth-order valence-electron chi connectivity index (χ4n) is 2.56. The van der Waals surface area contributed by atoms with Crippen LogP contribution < -0.4 is 16.0 Å². The van der Waals surface area contributed by atoms with Crippen LogP contribution in [0.15, 0.2) is 24.3 Å². The van der Waals surface area contributed by atoms with Gasteiger partial charge in [-0.2, -0.15) is 0 Å². The molecule has 5 heteroatoms. The number of carbonyl (C=O) groups excluding carboxylic acids is 1. The highest BCUT2D eigenvalue weighted by Crippen LogP contribution is 2.25. The van der Waals surface area contributed by atoms with Gasteiger partial charge in [0.1, 0.15) is 5.60 Å². The zero-order chi connectivity index (χ0) is 15.5. The molecular weight excluding hydrogens is 266 g/mol. The van der Waals surface area contributed by atoms with E-state index in [1.54, 1.807) is 0 Å². The van der Waals surface area contributed by atoms with Crippen LogP contribution in [0.5, 0.6) is 0 Å². The van der Waals surface area contributed by atoms with Gasteiger partial charge >= 0.3 is 6.09 Å². The number of rotatable bonds is 2. The van der Waals surface area contributed by atoms with E-state index in [2.05, 4.69) is 10.2 Å². The summed E-state index contributed by atoms with van der Waals surface area (Å²) in [5.74, 6) is 0. The number of nitrogens with one attached hydrogen (secondary N) is 1. The molecule has 1 aromatic carbocycles. The second kappa shape index (κ2) is 6.24. The van der Waals surface area contributed by atoms with Gasteiger partial charge in [0, 0.05) is 19.1 Å². The molecule has 5 nitrogen and oxygen atoms in total. The SMILES string of the molecule is CC(C)(C)OC(=O)N[C@H]1CCCN(c2ccccc2N)C1. The van der Waals surface area contributed by atoms with E-state index in [-0.39, 0.29) is 12.1 Å². The summed E-state index contributed by atoms with van der Waals surface area (Å²) in [6.07, 6.45) is 1.63. The summed E-state index contributed by atoms with van der Waals surface area (Å²) in [6.45, 7) is 7.31. The molecule has 1 amide bonds. The Morgan fingerprint density at radius 1 is 1.38 bits per heavy atom. The van der Waals surface area contributed by atoms with Crippen molar-refractivity contribution in [1.82, 2.24) is 5.32 Å². The fourth-order valence-corrected chi connectivity index (χ4v) is 2.56. The standard InChI is InChI=1S/C16H25N3O2/c1-16(2,3)21-15(20)18-12-7-6-10-19(11-12)14-9-5-4-8-13(14)17/h4-5,8-9,12H,6-7,10-11,17H2,1-3H3,(H,18,20)/t12-/m0/s1. The Balaban J connectivity index is 1.95. The van der Waals surface area contributed by atoms with E-state index in [1.807, 2.05) is 45.0 Å². The van der Waals surface area contributed by atoms with Crippen LogP contribution in [0.3, 0.4) is 0 Å². The molecule has 2 rings (SSSR count). The van der Waals surface area contributed by atoms with Crippen LogP contribution >= 0.6 is 0 Å². The minimum absolute atomic E-state index is 0.0909. The number of hydrogen-bond donors (Lipinski definition) is 2. The van der Waals surface area contributed by atoms with Crippen LogP contribution in [0.1, 0.15) is 33.6 Å². The van der Waals surface area contributed by atoms with Gasteiger partial charge < -0.3 is 20.7 Å². The van der Waals surface area contributed by atoms with Crippen LogP contribution in [0.4, 0.5) is 16.2 Å². The van der Waals surface area contributed by atoms with E-state index >= 15 is 0 Å². The van der Waals surface area contributed by atoms with E-state index in [4.69, 9.17) is 10.5 Å². The molecule has 1 atom stereocenters. The van der Waals surface area contributed by atoms with Gasteiger partial charge in [-0.05, 0) is 45.7 Å². The summed E-state index contributed by atoms with van der Waals surface area (Å²) in [7, 11) is 0. The minimum atomic E-state index is -0.470. The number of nitrogens with zero attached hydrogens (tertiary/aromatic N) is 1. The summed E-state index contributed by atoms with van der Waals surface area (Å²) < 4.78 is 5.31. The number of para-hydroxylation sites is 2. The second-order valence-corrected chi connectivity index (χ2v) is 6.49. The summed E-state index contributed by atoms with van der Waals surface area (Å²) in [6, 6.07) is 7.93.